The largest absolute Gasteiger partial charge is 0.323 e. The molecule has 23 heteroatoms. The Morgan fingerprint density at radius 3 is 1.52 bits per heavy atom. The zero-order valence-electron chi connectivity index (χ0n) is 29.6. The second-order valence-electron chi connectivity index (χ2n) is 12.5. The molecule has 6 aromatic carbocycles. The zero-order chi connectivity index (χ0) is 42.4. The van der Waals surface area contributed by atoms with E-state index in [1.165, 1.54) is 48.5 Å². The summed E-state index contributed by atoms with van der Waals surface area (Å²) in [5.74, 6) is 0. The van der Waals surface area contributed by atoms with Crippen LogP contribution in [0.1, 0.15) is 11.1 Å². The molecule has 0 spiro atoms. The molecule has 0 saturated heterocycles. The van der Waals surface area contributed by atoms with Crippen molar-refractivity contribution in [2.75, 3.05) is 10.6 Å². The fraction of sp³-hybridized carbons (Fsp3) is 0.0571. The molecule has 0 bridgehead atoms. The summed E-state index contributed by atoms with van der Waals surface area (Å²) in [4.78, 5) is 10.1. The van der Waals surface area contributed by atoms with Crippen molar-refractivity contribution in [3.05, 3.63) is 108 Å². The minimum Gasteiger partial charge on any atom is -0.308 e. The van der Waals surface area contributed by atoms with E-state index in [-0.39, 0.29) is 38.6 Å². The number of azo groups is 2. The number of nitrogens with one attached hydrogen (secondary N) is 2. The summed E-state index contributed by atoms with van der Waals surface area (Å²) < 4.78 is 134. The SMILES string of the molecule is Cc1cc(NC(=O)Nc2ccc(N=Nc3cc(S(=O)(=O)O)c4cccc(S(=O)(=O)O)c4c3)c(C)c2)ccc1N=Nc1ccc2cc(S(=O)(=O)O)cc(S(=O)(=O)O)c2c1. The van der Waals surface area contributed by atoms with E-state index in [1.807, 2.05) is 0 Å². The monoisotopic (exact) mass is 868 g/mol. The van der Waals surface area contributed by atoms with Crippen LogP contribution in [0, 0.1) is 13.8 Å². The molecule has 0 aliphatic carbocycles. The maximum absolute atomic E-state index is 12.9. The van der Waals surface area contributed by atoms with Gasteiger partial charge < -0.3 is 10.6 Å². The van der Waals surface area contributed by atoms with E-state index >= 15 is 0 Å². The molecule has 0 atom stereocenters. The van der Waals surface area contributed by atoms with Crippen LogP contribution in [0.3, 0.4) is 0 Å². The average Bonchev–Trinajstić information content (AvgIpc) is 3.11. The van der Waals surface area contributed by atoms with Crippen molar-refractivity contribution in [3.63, 3.8) is 0 Å². The molecular formula is C35H28N6O13S4. The van der Waals surface area contributed by atoms with Gasteiger partial charge in [0.25, 0.3) is 40.5 Å². The van der Waals surface area contributed by atoms with Gasteiger partial charge in [0, 0.05) is 27.5 Å². The molecule has 0 radical (unpaired) electrons. The third kappa shape index (κ3) is 9.38. The number of hydrogen-bond acceptors (Lipinski definition) is 13. The number of amides is 2. The Hall–Kier alpha value is -6.05. The molecular weight excluding hydrogens is 841 g/mol. The highest BCUT2D eigenvalue weighted by Gasteiger charge is 2.22. The van der Waals surface area contributed by atoms with Crippen molar-refractivity contribution in [3.8, 4) is 0 Å². The van der Waals surface area contributed by atoms with Crippen LogP contribution in [0.25, 0.3) is 21.5 Å². The van der Waals surface area contributed by atoms with Crippen LogP contribution in [0.15, 0.2) is 137 Å². The van der Waals surface area contributed by atoms with Crippen LogP contribution in [-0.4, -0.2) is 57.9 Å². The van der Waals surface area contributed by atoms with E-state index in [0.717, 1.165) is 18.2 Å². The average molecular weight is 869 g/mol. The predicted octanol–water partition coefficient (Wildman–Crippen LogP) is 8.07. The minimum absolute atomic E-state index is 0.0695. The Bertz CT molecular complexity index is 3230. The molecule has 0 aliphatic rings. The second-order valence-corrected chi connectivity index (χ2v) is 18.1. The number of carbonyl (C=O) groups is 1. The summed E-state index contributed by atoms with van der Waals surface area (Å²) >= 11 is 0. The number of carbonyl (C=O) groups excluding carboxylic acids is 1. The molecule has 300 valence electrons. The number of rotatable bonds is 10. The summed E-state index contributed by atoms with van der Waals surface area (Å²) in [6, 6.07) is 20.0. The number of anilines is 2. The minimum atomic E-state index is -4.91. The van der Waals surface area contributed by atoms with Crippen molar-refractivity contribution in [1.82, 2.24) is 0 Å². The first-order valence-electron chi connectivity index (χ1n) is 16.1. The summed E-state index contributed by atoms with van der Waals surface area (Å²) in [5.41, 5.74) is 2.49. The van der Waals surface area contributed by atoms with E-state index in [4.69, 9.17) is 0 Å². The molecule has 0 aliphatic heterocycles. The lowest BCUT2D eigenvalue weighted by Crippen LogP contribution is -2.19. The Labute approximate surface area is 330 Å². The number of urea groups is 1. The van der Waals surface area contributed by atoms with Crippen LogP contribution in [0.4, 0.5) is 38.9 Å². The molecule has 6 aromatic rings. The third-order valence-electron chi connectivity index (χ3n) is 8.36. The van der Waals surface area contributed by atoms with Gasteiger partial charge in [-0.25, -0.2) is 4.79 Å². The highest BCUT2D eigenvalue weighted by Crippen LogP contribution is 2.35. The van der Waals surface area contributed by atoms with Gasteiger partial charge in [0.05, 0.1) is 27.6 Å². The van der Waals surface area contributed by atoms with E-state index < -0.39 is 66.1 Å². The van der Waals surface area contributed by atoms with Gasteiger partial charge in [0.1, 0.15) is 14.7 Å². The van der Waals surface area contributed by atoms with E-state index in [2.05, 4.69) is 31.1 Å². The highest BCUT2D eigenvalue weighted by molar-refractivity contribution is 7.87. The first kappa shape index (κ1) is 41.6. The van der Waals surface area contributed by atoms with E-state index in [9.17, 15) is 56.7 Å². The van der Waals surface area contributed by atoms with E-state index in [0.29, 0.717) is 34.3 Å². The topological polar surface area (TPSA) is 308 Å². The second kappa shape index (κ2) is 15.4. The Kier molecular flexibility index (Phi) is 11.0. The predicted molar refractivity (Wildman–Crippen MR) is 211 cm³/mol. The van der Waals surface area contributed by atoms with Crippen LogP contribution in [0.2, 0.25) is 0 Å². The van der Waals surface area contributed by atoms with Gasteiger partial charge in [-0.15, -0.1) is 0 Å². The van der Waals surface area contributed by atoms with Crippen molar-refractivity contribution < 1.29 is 56.7 Å². The molecule has 6 rings (SSSR count). The molecule has 58 heavy (non-hydrogen) atoms. The first-order chi connectivity index (χ1) is 27.0. The van der Waals surface area contributed by atoms with Crippen LogP contribution in [0.5, 0.6) is 0 Å². The van der Waals surface area contributed by atoms with Gasteiger partial charge in [0.15, 0.2) is 0 Å². The molecule has 2 amide bonds. The van der Waals surface area contributed by atoms with Crippen molar-refractivity contribution in [2.45, 2.75) is 33.4 Å². The summed E-state index contributed by atoms with van der Waals surface area (Å²) in [5, 5.41) is 21.4. The van der Waals surface area contributed by atoms with Gasteiger partial charge in [-0.3, -0.25) is 18.2 Å². The first-order valence-corrected chi connectivity index (χ1v) is 21.9. The molecule has 6 N–H and O–H groups in total. The van der Waals surface area contributed by atoms with Gasteiger partial charge in [-0.1, -0.05) is 18.2 Å². The normalized spacial score (nSPS) is 12.8. The molecule has 0 fully saturated rings. The lowest BCUT2D eigenvalue weighted by molar-refractivity contribution is 0.262. The third-order valence-corrected chi connectivity index (χ3v) is 11.9. The van der Waals surface area contributed by atoms with Crippen LogP contribution in [-0.2, 0) is 40.5 Å². The van der Waals surface area contributed by atoms with E-state index in [1.54, 1.807) is 38.1 Å². The Morgan fingerprint density at radius 2 is 1.00 bits per heavy atom. The number of fused-ring (bicyclic) bond motifs is 2. The smallest absolute Gasteiger partial charge is 0.308 e. The fourth-order valence-corrected chi connectivity index (χ4v) is 8.49. The lowest BCUT2D eigenvalue weighted by Gasteiger charge is -2.10. The number of aryl methyl sites for hydroxylation is 2. The molecule has 0 saturated carbocycles. The van der Waals surface area contributed by atoms with Crippen molar-refractivity contribution in [1.29, 1.82) is 0 Å². The molecule has 0 unspecified atom stereocenters. The maximum atomic E-state index is 12.9. The molecule has 19 nitrogen and oxygen atoms in total. The maximum Gasteiger partial charge on any atom is 0.323 e. The van der Waals surface area contributed by atoms with Gasteiger partial charge in [-0.2, -0.15) is 54.1 Å². The summed E-state index contributed by atoms with van der Waals surface area (Å²) in [6.07, 6.45) is 0. The van der Waals surface area contributed by atoms with Crippen molar-refractivity contribution >= 4 is 102 Å². The fourth-order valence-electron chi connectivity index (χ4n) is 5.72. The van der Waals surface area contributed by atoms with Gasteiger partial charge in [0.2, 0.25) is 0 Å². The summed E-state index contributed by atoms with van der Waals surface area (Å²) in [7, 11) is -19.3. The van der Waals surface area contributed by atoms with Crippen LogP contribution >= 0.6 is 0 Å². The number of hydrogen-bond donors (Lipinski definition) is 6. The Morgan fingerprint density at radius 1 is 0.483 bits per heavy atom. The quantitative estimate of drug-likeness (QED) is 0.0561. The zero-order valence-corrected chi connectivity index (χ0v) is 32.9. The van der Waals surface area contributed by atoms with Crippen molar-refractivity contribution in [2.24, 2.45) is 20.5 Å². The number of benzene rings is 6. The van der Waals surface area contributed by atoms with Gasteiger partial charge >= 0.3 is 6.03 Å². The lowest BCUT2D eigenvalue weighted by atomic mass is 10.1. The summed E-state index contributed by atoms with van der Waals surface area (Å²) in [6.45, 7) is 3.34. The Balaban J connectivity index is 1.15. The van der Waals surface area contributed by atoms with Gasteiger partial charge in [-0.05, 0) is 109 Å². The highest BCUT2D eigenvalue weighted by atomic mass is 32.2. The molecule has 0 heterocycles. The van der Waals surface area contributed by atoms with Crippen LogP contribution < -0.4 is 10.6 Å². The standard InChI is InChI=1S/C35H28N6O13S4/c1-19-12-22(8-10-30(19)40-38-24-7-6-21-14-26(55(43,44)45)18-34(28(21)15-24)58(52,53)54)36-35(42)37-23-9-11-31(20(2)13-23)41-39-25-16-29-27(33(17-25)57(49,50)51)4-3-5-32(29)56(46,47)48/h3-18H,1-2H3,(H2,36,37,42)(H,43,44,45)(H,46,47,48)(H,49,50,51)(H,52,53,54). The molecule has 0 aromatic heterocycles. The number of nitrogens with zero attached hydrogens (tertiary/aromatic N) is 4.